The third-order valence-electron chi connectivity index (χ3n) is 4.19. The molecule has 4 heterocycles. The van der Waals surface area contributed by atoms with Crippen molar-refractivity contribution in [1.82, 2.24) is 15.0 Å². The first kappa shape index (κ1) is 15.7. The SMILES string of the molecule is COC1=CN=C(c2c(-c3ccnc(N)c3)[nH]c3cc(Cl)cnc23)CC1. The highest BCUT2D eigenvalue weighted by molar-refractivity contribution is 6.31. The molecule has 1 aliphatic rings. The number of H-pyrrole nitrogens is 1. The summed E-state index contributed by atoms with van der Waals surface area (Å²) in [6.07, 6.45) is 6.66. The number of nitrogens with one attached hydrogen (secondary N) is 1. The number of ether oxygens (including phenoxy) is 1. The molecular weight excluding hydrogens is 338 g/mol. The van der Waals surface area contributed by atoms with Crippen LogP contribution in [0.4, 0.5) is 5.82 Å². The Bertz CT molecular complexity index is 1020. The number of aliphatic imine (C=N–C) groups is 1. The first-order chi connectivity index (χ1) is 12.2. The molecule has 0 spiro atoms. The van der Waals surface area contributed by atoms with Crippen LogP contribution in [-0.2, 0) is 4.74 Å². The van der Waals surface area contributed by atoms with E-state index in [0.29, 0.717) is 10.8 Å². The summed E-state index contributed by atoms with van der Waals surface area (Å²) in [4.78, 5) is 16.6. The zero-order chi connectivity index (χ0) is 17.4. The van der Waals surface area contributed by atoms with Crippen molar-refractivity contribution in [3.63, 3.8) is 0 Å². The minimum absolute atomic E-state index is 0.459. The smallest absolute Gasteiger partial charge is 0.123 e. The number of anilines is 1. The molecule has 0 radical (unpaired) electrons. The average molecular weight is 354 g/mol. The Labute approximate surface area is 149 Å². The van der Waals surface area contributed by atoms with Gasteiger partial charge in [0.2, 0.25) is 0 Å². The number of methoxy groups -OCH3 is 1. The van der Waals surface area contributed by atoms with E-state index in [2.05, 4.69) is 19.9 Å². The number of rotatable bonds is 3. The van der Waals surface area contributed by atoms with Gasteiger partial charge in [0.25, 0.3) is 0 Å². The topological polar surface area (TPSA) is 89.2 Å². The number of nitrogens with two attached hydrogens (primary N) is 1. The first-order valence-corrected chi connectivity index (χ1v) is 8.22. The Morgan fingerprint density at radius 1 is 1.24 bits per heavy atom. The Hall–Kier alpha value is -2.86. The lowest BCUT2D eigenvalue weighted by Gasteiger charge is -2.14. The zero-order valence-electron chi connectivity index (χ0n) is 13.6. The molecule has 0 atom stereocenters. The number of aromatic nitrogens is 3. The minimum atomic E-state index is 0.459. The fraction of sp³-hybridized carbons (Fsp3) is 0.167. The summed E-state index contributed by atoms with van der Waals surface area (Å²) >= 11 is 6.11. The molecular formula is C18H16ClN5O. The summed E-state index contributed by atoms with van der Waals surface area (Å²) in [6.45, 7) is 0. The molecule has 0 aliphatic carbocycles. The van der Waals surface area contributed by atoms with E-state index in [9.17, 15) is 0 Å². The summed E-state index contributed by atoms with van der Waals surface area (Å²) in [5, 5.41) is 0.577. The molecule has 0 amide bonds. The van der Waals surface area contributed by atoms with Crippen LogP contribution in [0.25, 0.3) is 22.3 Å². The van der Waals surface area contributed by atoms with E-state index in [0.717, 1.165) is 52.2 Å². The Balaban J connectivity index is 1.96. The second kappa shape index (κ2) is 6.22. The van der Waals surface area contributed by atoms with Crippen molar-refractivity contribution in [2.75, 3.05) is 12.8 Å². The number of allylic oxidation sites excluding steroid dienone is 1. The van der Waals surface area contributed by atoms with Gasteiger partial charge in [-0.15, -0.1) is 0 Å². The van der Waals surface area contributed by atoms with Crippen molar-refractivity contribution >= 4 is 34.2 Å². The monoisotopic (exact) mass is 353 g/mol. The number of hydrogen-bond acceptors (Lipinski definition) is 5. The van der Waals surface area contributed by atoms with Gasteiger partial charge in [0.15, 0.2) is 0 Å². The van der Waals surface area contributed by atoms with Crippen LogP contribution in [0.15, 0.2) is 47.5 Å². The van der Waals surface area contributed by atoms with Gasteiger partial charge in [-0.1, -0.05) is 11.6 Å². The summed E-state index contributed by atoms with van der Waals surface area (Å²) in [5.41, 5.74) is 11.3. The summed E-state index contributed by atoms with van der Waals surface area (Å²) in [7, 11) is 1.66. The van der Waals surface area contributed by atoms with Crippen LogP contribution in [-0.4, -0.2) is 27.8 Å². The number of fused-ring (bicyclic) bond motifs is 1. The fourth-order valence-corrected chi connectivity index (χ4v) is 3.17. The van der Waals surface area contributed by atoms with E-state index in [1.807, 2.05) is 18.2 Å². The number of nitrogens with zero attached hydrogens (tertiary/aromatic N) is 3. The van der Waals surface area contributed by atoms with Gasteiger partial charge in [-0.3, -0.25) is 9.98 Å². The number of nitrogen functional groups attached to an aromatic ring is 1. The highest BCUT2D eigenvalue weighted by Crippen LogP contribution is 2.33. The van der Waals surface area contributed by atoms with E-state index in [1.54, 1.807) is 25.7 Å². The van der Waals surface area contributed by atoms with Crippen LogP contribution >= 0.6 is 11.6 Å². The minimum Gasteiger partial charge on any atom is -0.499 e. The molecule has 126 valence electrons. The maximum atomic E-state index is 6.11. The van der Waals surface area contributed by atoms with Gasteiger partial charge < -0.3 is 15.5 Å². The Morgan fingerprint density at radius 3 is 2.84 bits per heavy atom. The molecule has 0 saturated heterocycles. The summed E-state index contributed by atoms with van der Waals surface area (Å²) in [6, 6.07) is 5.60. The summed E-state index contributed by atoms with van der Waals surface area (Å²) < 4.78 is 5.28. The van der Waals surface area contributed by atoms with Crippen molar-refractivity contribution < 1.29 is 4.74 Å². The lowest BCUT2D eigenvalue weighted by atomic mass is 9.99. The molecule has 0 unspecified atom stereocenters. The predicted octanol–water partition coefficient (Wildman–Crippen LogP) is 3.93. The second-order valence-electron chi connectivity index (χ2n) is 5.77. The zero-order valence-corrected chi connectivity index (χ0v) is 14.3. The number of pyridine rings is 2. The maximum Gasteiger partial charge on any atom is 0.123 e. The molecule has 3 aromatic rings. The maximum absolute atomic E-state index is 6.11. The van der Waals surface area contributed by atoms with E-state index >= 15 is 0 Å². The Morgan fingerprint density at radius 2 is 2.12 bits per heavy atom. The molecule has 0 aromatic carbocycles. The van der Waals surface area contributed by atoms with Crippen LogP contribution in [0.3, 0.4) is 0 Å². The van der Waals surface area contributed by atoms with Gasteiger partial charge in [0.1, 0.15) is 11.6 Å². The van der Waals surface area contributed by atoms with Crippen LogP contribution in [0, 0.1) is 0 Å². The summed E-state index contributed by atoms with van der Waals surface area (Å²) in [5.74, 6) is 1.33. The van der Waals surface area contributed by atoms with Crippen molar-refractivity contribution in [2.45, 2.75) is 12.8 Å². The van der Waals surface area contributed by atoms with E-state index in [4.69, 9.17) is 22.1 Å². The predicted molar refractivity (Wildman–Crippen MR) is 99.6 cm³/mol. The molecule has 0 fully saturated rings. The average Bonchev–Trinajstić information content (AvgIpc) is 3.00. The third-order valence-corrected chi connectivity index (χ3v) is 4.40. The van der Waals surface area contributed by atoms with Gasteiger partial charge >= 0.3 is 0 Å². The quantitative estimate of drug-likeness (QED) is 0.746. The van der Waals surface area contributed by atoms with Crippen molar-refractivity contribution in [1.29, 1.82) is 0 Å². The standard InChI is InChI=1S/C18H16ClN5O/c1-25-12-2-3-13(22-9-12)16-17(10-4-5-21-15(20)6-10)24-14-7-11(19)8-23-18(14)16/h4-9,24H,2-3H2,1H3,(H2,20,21). The highest BCUT2D eigenvalue weighted by Gasteiger charge is 2.21. The van der Waals surface area contributed by atoms with Crippen LogP contribution in [0.1, 0.15) is 18.4 Å². The number of aromatic amines is 1. The molecule has 4 rings (SSSR count). The first-order valence-electron chi connectivity index (χ1n) is 7.85. The van der Waals surface area contributed by atoms with E-state index in [1.165, 1.54) is 0 Å². The highest BCUT2D eigenvalue weighted by atomic mass is 35.5. The van der Waals surface area contributed by atoms with Gasteiger partial charge in [0, 0.05) is 29.9 Å². The third kappa shape index (κ3) is 2.85. The normalized spacial score (nSPS) is 14.3. The largest absolute Gasteiger partial charge is 0.499 e. The number of hydrogen-bond donors (Lipinski definition) is 2. The van der Waals surface area contributed by atoms with Crippen LogP contribution < -0.4 is 5.73 Å². The van der Waals surface area contributed by atoms with Crippen molar-refractivity contribution in [3.05, 3.63) is 53.1 Å². The molecule has 3 aromatic heterocycles. The molecule has 0 saturated carbocycles. The van der Waals surface area contributed by atoms with Crippen molar-refractivity contribution in [3.8, 4) is 11.3 Å². The fourth-order valence-electron chi connectivity index (χ4n) is 3.02. The lowest BCUT2D eigenvalue weighted by Crippen LogP contribution is -2.07. The molecule has 3 N–H and O–H groups in total. The van der Waals surface area contributed by atoms with Crippen LogP contribution in [0.2, 0.25) is 5.02 Å². The molecule has 7 heteroatoms. The molecule has 1 aliphatic heterocycles. The molecule has 25 heavy (non-hydrogen) atoms. The van der Waals surface area contributed by atoms with E-state index in [-0.39, 0.29) is 0 Å². The second-order valence-corrected chi connectivity index (χ2v) is 6.21. The van der Waals surface area contributed by atoms with Crippen molar-refractivity contribution in [2.24, 2.45) is 4.99 Å². The van der Waals surface area contributed by atoms with Crippen LogP contribution in [0.5, 0.6) is 0 Å². The lowest BCUT2D eigenvalue weighted by molar-refractivity contribution is 0.276. The molecule has 0 bridgehead atoms. The van der Waals surface area contributed by atoms with Gasteiger partial charge in [-0.2, -0.15) is 0 Å². The van der Waals surface area contributed by atoms with Gasteiger partial charge in [-0.05, 0) is 24.6 Å². The molecule has 6 nitrogen and oxygen atoms in total. The van der Waals surface area contributed by atoms with E-state index < -0.39 is 0 Å². The van der Waals surface area contributed by atoms with Gasteiger partial charge in [0.05, 0.1) is 40.8 Å². The van der Waals surface area contributed by atoms with Gasteiger partial charge in [-0.25, -0.2) is 4.98 Å². The number of halogens is 1. The Kier molecular flexibility index (Phi) is 3.89.